The number of rotatable bonds is 9. The van der Waals surface area contributed by atoms with Gasteiger partial charge in [0.2, 0.25) is 0 Å². The molecule has 0 heterocycles. The summed E-state index contributed by atoms with van der Waals surface area (Å²) in [6.45, 7) is 5.69. The van der Waals surface area contributed by atoms with Gasteiger partial charge < -0.3 is 9.84 Å². The fourth-order valence-corrected chi connectivity index (χ4v) is 4.88. The fourth-order valence-electron chi connectivity index (χ4n) is 4.88. The Morgan fingerprint density at radius 3 is 2.35 bits per heavy atom. The molecular formula is C32H33F3O2. The molecule has 0 aliphatic heterocycles. The van der Waals surface area contributed by atoms with Crippen LogP contribution in [-0.2, 0) is 0 Å². The minimum atomic E-state index is -0.880. The minimum Gasteiger partial charge on any atom is -0.490 e. The van der Waals surface area contributed by atoms with Crippen molar-refractivity contribution in [1.29, 1.82) is 0 Å². The summed E-state index contributed by atoms with van der Waals surface area (Å²) in [4.78, 5) is 0. The van der Waals surface area contributed by atoms with Crippen molar-refractivity contribution in [2.45, 2.75) is 51.0 Å². The van der Waals surface area contributed by atoms with E-state index in [2.05, 4.69) is 6.58 Å². The average Bonchev–Trinajstić information content (AvgIpc) is 2.91. The molecule has 194 valence electrons. The Labute approximate surface area is 217 Å². The van der Waals surface area contributed by atoms with Crippen LogP contribution in [0.1, 0.15) is 67.7 Å². The maximum Gasteiger partial charge on any atom is 0.167 e. The number of aliphatic hydroxyl groups excluding tert-OH is 1. The van der Waals surface area contributed by atoms with Crippen LogP contribution in [0.2, 0.25) is 0 Å². The molecule has 0 saturated heterocycles. The molecule has 0 aromatic heterocycles. The summed E-state index contributed by atoms with van der Waals surface area (Å²) in [6.07, 6.45) is 9.02. The second-order valence-corrected chi connectivity index (χ2v) is 9.71. The molecule has 0 amide bonds. The molecule has 0 spiro atoms. The standard InChI is InChI=1S/C32H33F3O2/c1-3-4-19-37-30-18-16-27(20-29(30)33)24-8-5-22(6-9-24)7-10-26-15-17-28(32(35)31(26)34)25-13-11-23(12-14-25)21(2)36/h3,7,10-18,20-22,24,36H,1,4-6,8-9,19H2,2H3/b10-7+. The van der Waals surface area contributed by atoms with Crippen LogP contribution < -0.4 is 4.74 Å². The summed E-state index contributed by atoms with van der Waals surface area (Å²) in [6, 6.07) is 15.2. The third kappa shape index (κ3) is 6.53. The molecular weight excluding hydrogens is 473 g/mol. The van der Waals surface area contributed by atoms with Crippen LogP contribution in [0.4, 0.5) is 13.2 Å². The Morgan fingerprint density at radius 1 is 0.973 bits per heavy atom. The van der Waals surface area contributed by atoms with Crippen molar-refractivity contribution in [3.8, 4) is 16.9 Å². The first-order valence-corrected chi connectivity index (χ1v) is 12.8. The zero-order chi connectivity index (χ0) is 26.4. The van der Waals surface area contributed by atoms with Crippen LogP contribution in [0.3, 0.4) is 0 Å². The Morgan fingerprint density at radius 2 is 1.70 bits per heavy atom. The van der Waals surface area contributed by atoms with E-state index in [4.69, 9.17) is 4.74 Å². The molecule has 1 N–H and O–H groups in total. The van der Waals surface area contributed by atoms with Crippen molar-refractivity contribution in [3.63, 3.8) is 0 Å². The van der Waals surface area contributed by atoms with E-state index in [1.807, 2.05) is 12.1 Å². The van der Waals surface area contributed by atoms with Gasteiger partial charge in [-0.15, -0.1) is 6.58 Å². The first kappa shape index (κ1) is 26.7. The lowest BCUT2D eigenvalue weighted by atomic mass is 9.78. The highest BCUT2D eigenvalue weighted by Gasteiger charge is 2.22. The maximum absolute atomic E-state index is 14.9. The molecule has 3 aromatic rings. The topological polar surface area (TPSA) is 29.5 Å². The van der Waals surface area contributed by atoms with Gasteiger partial charge in [0.05, 0.1) is 12.7 Å². The Bertz CT molecular complexity index is 1240. The lowest BCUT2D eigenvalue weighted by molar-refractivity contribution is 0.199. The van der Waals surface area contributed by atoms with Crippen molar-refractivity contribution in [1.82, 2.24) is 0 Å². The molecule has 1 aliphatic rings. The molecule has 0 radical (unpaired) electrons. The van der Waals surface area contributed by atoms with Crippen LogP contribution in [0.15, 0.2) is 73.3 Å². The van der Waals surface area contributed by atoms with Gasteiger partial charge in [0.25, 0.3) is 0 Å². The van der Waals surface area contributed by atoms with E-state index in [9.17, 15) is 18.3 Å². The highest BCUT2D eigenvalue weighted by molar-refractivity contribution is 5.67. The molecule has 1 unspecified atom stereocenters. The van der Waals surface area contributed by atoms with Crippen LogP contribution >= 0.6 is 0 Å². The number of aliphatic hydroxyl groups is 1. The SMILES string of the molecule is C=CCCOc1ccc(C2CCC(/C=C/c3ccc(-c4ccc(C(C)O)cc4)c(F)c3F)CC2)cc1F. The van der Waals surface area contributed by atoms with Gasteiger partial charge in [-0.05, 0) is 79.7 Å². The van der Waals surface area contributed by atoms with Gasteiger partial charge >= 0.3 is 0 Å². The monoisotopic (exact) mass is 506 g/mol. The normalized spacial score (nSPS) is 18.6. The van der Waals surface area contributed by atoms with Gasteiger partial charge in [0, 0.05) is 11.1 Å². The molecule has 3 aromatic carbocycles. The van der Waals surface area contributed by atoms with Crippen molar-refractivity contribution in [2.75, 3.05) is 6.61 Å². The summed E-state index contributed by atoms with van der Waals surface area (Å²) < 4.78 is 49.6. The Kier molecular flexibility index (Phi) is 8.88. The molecule has 1 atom stereocenters. The lowest BCUT2D eigenvalue weighted by Gasteiger charge is -2.27. The van der Waals surface area contributed by atoms with Crippen LogP contribution in [0.25, 0.3) is 17.2 Å². The van der Waals surface area contributed by atoms with E-state index in [0.29, 0.717) is 24.2 Å². The van der Waals surface area contributed by atoms with E-state index in [-0.39, 0.29) is 34.5 Å². The van der Waals surface area contributed by atoms with E-state index < -0.39 is 17.7 Å². The molecule has 4 rings (SSSR count). The summed E-state index contributed by atoms with van der Waals surface area (Å²) >= 11 is 0. The fraction of sp³-hybridized carbons (Fsp3) is 0.312. The summed E-state index contributed by atoms with van der Waals surface area (Å²) in [5.74, 6) is -1.29. The summed E-state index contributed by atoms with van der Waals surface area (Å²) in [7, 11) is 0. The lowest BCUT2D eigenvalue weighted by Crippen LogP contribution is -2.12. The minimum absolute atomic E-state index is 0.191. The van der Waals surface area contributed by atoms with Crippen LogP contribution in [0.5, 0.6) is 5.75 Å². The number of allylic oxidation sites excluding steroid dienone is 1. The van der Waals surface area contributed by atoms with Crippen molar-refractivity contribution < 1.29 is 23.0 Å². The predicted octanol–water partition coefficient (Wildman–Crippen LogP) is 8.77. The second-order valence-electron chi connectivity index (χ2n) is 9.71. The average molecular weight is 507 g/mol. The zero-order valence-corrected chi connectivity index (χ0v) is 21.1. The highest BCUT2D eigenvalue weighted by Crippen LogP contribution is 2.38. The second kappa shape index (κ2) is 12.3. The van der Waals surface area contributed by atoms with E-state index in [1.165, 1.54) is 0 Å². The van der Waals surface area contributed by atoms with Crippen molar-refractivity contribution in [3.05, 3.63) is 107 Å². The van der Waals surface area contributed by atoms with E-state index >= 15 is 0 Å². The first-order valence-electron chi connectivity index (χ1n) is 12.8. The number of halogens is 3. The largest absolute Gasteiger partial charge is 0.490 e. The number of hydrogen-bond donors (Lipinski definition) is 1. The van der Waals surface area contributed by atoms with Crippen molar-refractivity contribution in [2.24, 2.45) is 5.92 Å². The predicted molar refractivity (Wildman–Crippen MR) is 143 cm³/mol. The van der Waals surface area contributed by atoms with Crippen molar-refractivity contribution >= 4 is 6.08 Å². The van der Waals surface area contributed by atoms with Gasteiger partial charge in [-0.1, -0.05) is 60.7 Å². The Hall–Kier alpha value is -3.31. The molecule has 37 heavy (non-hydrogen) atoms. The molecule has 1 saturated carbocycles. The quantitative estimate of drug-likeness (QED) is 0.232. The highest BCUT2D eigenvalue weighted by atomic mass is 19.2. The van der Waals surface area contributed by atoms with Gasteiger partial charge in [-0.2, -0.15) is 0 Å². The third-order valence-corrected chi connectivity index (χ3v) is 7.14. The third-order valence-electron chi connectivity index (χ3n) is 7.14. The molecule has 1 fully saturated rings. The van der Waals surface area contributed by atoms with Gasteiger partial charge in [0.1, 0.15) is 0 Å². The number of benzene rings is 3. The van der Waals surface area contributed by atoms with E-state index in [1.54, 1.807) is 67.6 Å². The summed E-state index contributed by atoms with van der Waals surface area (Å²) in [5, 5.41) is 9.65. The van der Waals surface area contributed by atoms with Crippen LogP contribution in [0, 0.1) is 23.4 Å². The smallest absolute Gasteiger partial charge is 0.167 e. The van der Waals surface area contributed by atoms with Crippen LogP contribution in [-0.4, -0.2) is 11.7 Å². The molecule has 2 nitrogen and oxygen atoms in total. The van der Waals surface area contributed by atoms with Gasteiger partial charge in [0.15, 0.2) is 23.2 Å². The molecule has 0 bridgehead atoms. The first-order chi connectivity index (χ1) is 17.9. The van der Waals surface area contributed by atoms with E-state index in [0.717, 1.165) is 31.2 Å². The van der Waals surface area contributed by atoms with Gasteiger partial charge in [-0.3, -0.25) is 0 Å². The summed E-state index contributed by atoms with van der Waals surface area (Å²) in [5.41, 5.74) is 2.66. The zero-order valence-electron chi connectivity index (χ0n) is 21.1. The Balaban J connectivity index is 1.36. The number of hydrogen-bond acceptors (Lipinski definition) is 2. The number of ether oxygens (including phenoxy) is 1. The van der Waals surface area contributed by atoms with Gasteiger partial charge in [-0.25, -0.2) is 13.2 Å². The maximum atomic E-state index is 14.9. The molecule has 1 aliphatic carbocycles. The molecule has 5 heteroatoms.